The lowest BCUT2D eigenvalue weighted by molar-refractivity contribution is -0.133. The maximum Gasteiger partial charge on any atom is 0.254 e. The van der Waals surface area contributed by atoms with Gasteiger partial charge in [0, 0.05) is 43.9 Å². The quantitative estimate of drug-likeness (QED) is 0.810. The summed E-state index contributed by atoms with van der Waals surface area (Å²) in [6.07, 6.45) is 0.150. The molecule has 1 heterocycles. The lowest BCUT2D eigenvalue weighted by Gasteiger charge is -2.27. The van der Waals surface area contributed by atoms with Crippen molar-refractivity contribution in [3.63, 3.8) is 0 Å². The van der Waals surface area contributed by atoms with E-state index in [1.165, 1.54) is 18.2 Å². The maximum absolute atomic E-state index is 13.6. The topological polar surface area (TPSA) is 67.2 Å². The van der Waals surface area contributed by atoms with Crippen molar-refractivity contribution in [3.8, 4) is 0 Å². The number of nitrogens with one attached hydrogen (secondary N) is 1. The zero-order valence-corrected chi connectivity index (χ0v) is 16.5. The lowest BCUT2D eigenvalue weighted by Crippen LogP contribution is -2.38. The molecular weight excluding hydrogens is 347 g/mol. The predicted octanol–water partition coefficient (Wildman–Crippen LogP) is 2.73. The molecule has 1 aromatic heterocycles. The van der Waals surface area contributed by atoms with Crippen molar-refractivity contribution in [2.45, 2.75) is 46.7 Å². The highest BCUT2D eigenvalue weighted by Gasteiger charge is 2.21. The van der Waals surface area contributed by atoms with Crippen LogP contribution in [0, 0.1) is 19.7 Å². The zero-order chi connectivity index (χ0) is 20.1. The molecule has 0 aliphatic rings. The van der Waals surface area contributed by atoms with Crippen LogP contribution in [0.4, 0.5) is 4.39 Å². The van der Waals surface area contributed by atoms with Crippen LogP contribution in [0.5, 0.6) is 0 Å². The van der Waals surface area contributed by atoms with Crippen LogP contribution >= 0.6 is 0 Å². The van der Waals surface area contributed by atoms with Gasteiger partial charge in [0.25, 0.3) is 5.91 Å². The third-order valence-corrected chi connectivity index (χ3v) is 4.67. The Bertz CT molecular complexity index is 829. The van der Waals surface area contributed by atoms with Crippen molar-refractivity contribution in [1.29, 1.82) is 0 Å². The van der Waals surface area contributed by atoms with E-state index >= 15 is 0 Å². The van der Waals surface area contributed by atoms with E-state index < -0.39 is 11.7 Å². The van der Waals surface area contributed by atoms with Crippen LogP contribution in [-0.4, -0.2) is 39.1 Å². The van der Waals surface area contributed by atoms with E-state index in [2.05, 4.69) is 10.4 Å². The standard InChI is InChI=1S/C20H27FN4O2/c1-13(2)25(12-17-14(3)23-24(5)15(17)4)19(26)10-11-22-20(27)16-8-6-7-9-18(16)21/h6-9,13H,10-12H2,1-5H3,(H,22,27). The highest BCUT2D eigenvalue weighted by molar-refractivity contribution is 5.94. The largest absolute Gasteiger partial charge is 0.351 e. The van der Waals surface area contributed by atoms with Gasteiger partial charge in [-0.3, -0.25) is 14.3 Å². The Hall–Kier alpha value is -2.70. The van der Waals surface area contributed by atoms with E-state index in [-0.39, 0.29) is 30.5 Å². The third-order valence-electron chi connectivity index (χ3n) is 4.67. The molecule has 6 nitrogen and oxygen atoms in total. The molecule has 1 aromatic carbocycles. The summed E-state index contributed by atoms with van der Waals surface area (Å²) in [6.45, 7) is 8.45. The summed E-state index contributed by atoms with van der Waals surface area (Å²) in [5.41, 5.74) is 2.95. The van der Waals surface area contributed by atoms with Crippen LogP contribution in [0.1, 0.15) is 47.6 Å². The Kier molecular flexibility index (Phi) is 6.71. The Morgan fingerprint density at radius 3 is 2.48 bits per heavy atom. The number of hydrogen-bond acceptors (Lipinski definition) is 3. The molecule has 7 heteroatoms. The second-order valence-electron chi connectivity index (χ2n) is 6.87. The van der Waals surface area contributed by atoms with Gasteiger partial charge >= 0.3 is 0 Å². The van der Waals surface area contributed by atoms with Crippen molar-refractivity contribution in [2.75, 3.05) is 6.54 Å². The Morgan fingerprint density at radius 1 is 1.26 bits per heavy atom. The number of halogens is 1. The molecule has 0 saturated carbocycles. The predicted molar refractivity (Wildman–Crippen MR) is 102 cm³/mol. The zero-order valence-electron chi connectivity index (χ0n) is 16.5. The highest BCUT2D eigenvalue weighted by atomic mass is 19.1. The molecule has 2 amide bonds. The maximum atomic E-state index is 13.6. The number of benzene rings is 1. The Balaban J connectivity index is 1.97. The first-order valence-corrected chi connectivity index (χ1v) is 9.03. The fraction of sp³-hybridized carbons (Fsp3) is 0.450. The highest BCUT2D eigenvalue weighted by Crippen LogP contribution is 2.17. The first kappa shape index (κ1) is 20.6. The fourth-order valence-corrected chi connectivity index (χ4v) is 2.94. The first-order valence-electron chi connectivity index (χ1n) is 9.03. The molecule has 0 atom stereocenters. The van der Waals surface area contributed by atoms with Crippen molar-refractivity contribution in [1.82, 2.24) is 20.0 Å². The van der Waals surface area contributed by atoms with E-state index in [1.807, 2.05) is 39.4 Å². The monoisotopic (exact) mass is 374 g/mol. The Morgan fingerprint density at radius 2 is 1.93 bits per heavy atom. The lowest BCUT2D eigenvalue weighted by atomic mass is 10.1. The van der Waals surface area contributed by atoms with E-state index in [1.54, 1.807) is 11.0 Å². The SMILES string of the molecule is Cc1nn(C)c(C)c1CN(C(=O)CCNC(=O)c1ccccc1F)C(C)C. The summed E-state index contributed by atoms with van der Waals surface area (Å²) in [5.74, 6) is -1.16. The summed E-state index contributed by atoms with van der Waals surface area (Å²) >= 11 is 0. The molecule has 0 aliphatic heterocycles. The van der Waals surface area contributed by atoms with Crippen molar-refractivity contribution in [2.24, 2.45) is 7.05 Å². The summed E-state index contributed by atoms with van der Waals surface area (Å²) in [6, 6.07) is 5.79. The minimum absolute atomic E-state index is 0.0128. The van der Waals surface area contributed by atoms with Crippen LogP contribution in [0.3, 0.4) is 0 Å². The van der Waals surface area contributed by atoms with Gasteiger partial charge in [-0.15, -0.1) is 0 Å². The molecule has 146 valence electrons. The molecule has 0 radical (unpaired) electrons. The first-order chi connectivity index (χ1) is 12.7. The second kappa shape index (κ2) is 8.79. The van der Waals surface area contributed by atoms with Crippen molar-refractivity contribution >= 4 is 11.8 Å². The summed E-state index contributed by atoms with van der Waals surface area (Å²) in [7, 11) is 1.88. The molecule has 2 aromatic rings. The average molecular weight is 374 g/mol. The second-order valence-corrected chi connectivity index (χ2v) is 6.87. The van der Waals surface area contributed by atoms with E-state index in [4.69, 9.17) is 0 Å². The number of carbonyl (C=O) groups is 2. The molecule has 0 fully saturated rings. The van der Waals surface area contributed by atoms with E-state index in [0.29, 0.717) is 6.54 Å². The minimum atomic E-state index is -0.576. The van der Waals surface area contributed by atoms with Crippen LogP contribution < -0.4 is 5.32 Å². The van der Waals surface area contributed by atoms with Gasteiger partial charge in [-0.05, 0) is 39.8 Å². The van der Waals surface area contributed by atoms with Gasteiger partial charge in [0.05, 0.1) is 11.3 Å². The number of hydrogen-bond donors (Lipinski definition) is 1. The molecule has 2 rings (SSSR count). The molecular formula is C20H27FN4O2. The summed E-state index contributed by atoms with van der Waals surface area (Å²) in [4.78, 5) is 26.5. The van der Waals surface area contributed by atoms with Crippen LogP contribution in [0.15, 0.2) is 24.3 Å². The number of carbonyl (C=O) groups excluding carboxylic acids is 2. The normalized spacial score (nSPS) is 10.9. The van der Waals surface area contributed by atoms with E-state index in [0.717, 1.165) is 17.0 Å². The van der Waals surface area contributed by atoms with Crippen LogP contribution in [-0.2, 0) is 18.4 Å². The third kappa shape index (κ3) is 4.93. The fourth-order valence-electron chi connectivity index (χ4n) is 2.94. The van der Waals surface area contributed by atoms with Gasteiger partial charge < -0.3 is 10.2 Å². The number of rotatable bonds is 7. The number of aromatic nitrogens is 2. The van der Waals surface area contributed by atoms with Gasteiger partial charge in [0.1, 0.15) is 5.82 Å². The number of amides is 2. The average Bonchev–Trinajstić information content (AvgIpc) is 2.84. The van der Waals surface area contributed by atoms with Crippen molar-refractivity contribution in [3.05, 3.63) is 52.6 Å². The molecule has 0 aliphatic carbocycles. The molecule has 0 bridgehead atoms. The molecule has 27 heavy (non-hydrogen) atoms. The van der Waals surface area contributed by atoms with Crippen molar-refractivity contribution < 1.29 is 14.0 Å². The molecule has 0 unspecified atom stereocenters. The van der Waals surface area contributed by atoms with E-state index in [9.17, 15) is 14.0 Å². The molecule has 0 spiro atoms. The molecule has 0 saturated heterocycles. The van der Waals surface area contributed by atoms with Gasteiger partial charge in [-0.2, -0.15) is 5.10 Å². The van der Waals surface area contributed by atoms with Gasteiger partial charge in [0.15, 0.2) is 0 Å². The Labute approximate surface area is 159 Å². The van der Waals surface area contributed by atoms with Crippen LogP contribution in [0.2, 0.25) is 0 Å². The smallest absolute Gasteiger partial charge is 0.254 e. The number of nitrogens with zero attached hydrogens (tertiary/aromatic N) is 3. The van der Waals surface area contributed by atoms with Gasteiger partial charge in [-0.1, -0.05) is 12.1 Å². The number of aryl methyl sites for hydroxylation is 2. The summed E-state index contributed by atoms with van der Waals surface area (Å²) < 4.78 is 15.4. The minimum Gasteiger partial charge on any atom is -0.351 e. The molecule has 1 N–H and O–H groups in total. The summed E-state index contributed by atoms with van der Waals surface area (Å²) in [5, 5.41) is 7.01. The van der Waals surface area contributed by atoms with Gasteiger partial charge in [-0.25, -0.2) is 4.39 Å². The van der Waals surface area contributed by atoms with Gasteiger partial charge in [0.2, 0.25) is 5.91 Å². The van der Waals surface area contributed by atoms with Crippen LogP contribution in [0.25, 0.3) is 0 Å².